The Morgan fingerprint density at radius 2 is 0.781 bits per heavy atom. The highest BCUT2D eigenvalue weighted by Crippen LogP contribution is 2.44. The molecule has 2 nitrogen and oxygen atoms in total. The summed E-state index contributed by atoms with van der Waals surface area (Å²) in [7, 11) is 0. The van der Waals surface area contributed by atoms with E-state index in [1.54, 1.807) is 0 Å². The molecule has 11 aromatic carbocycles. The molecule has 0 aliphatic rings. The molecule has 0 bridgehead atoms. The van der Waals surface area contributed by atoms with Crippen LogP contribution in [0.3, 0.4) is 0 Å². The molecule has 0 aliphatic heterocycles. The molecule has 300 valence electrons. The van der Waals surface area contributed by atoms with E-state index < -0.39 is 0 Å². The van der Waals surface area contributed by atoms with Gasteiger partial charge in [-0.3, -0.25) is 0 Å². The Morgan fingerprint density at radius 1 is 0.281 bits per heavy atom. The fraction of sp³-hybridized carbons (Fsp3) is 0. The van der Waals surface area contributed by atoms with Crippen LogP contribution in [0.25, 0.3) is 99.1 Å². The van der Waals surface area contributed by atoms with Gasteiger partial charge in [-0.25, -0.2) is 0 Å². The molecule has 0 atom stereocenters. The van der Waals surface area contributed by atoms with Crippen LogP contribution in [0.5, 0.6) is 0 Å². The van der Waals surface area contributed by atoms with Gasteiger partial charge < -0.3 is 9.32 Å². The molecule has 12 rings (SSSR count). The van der Waals surface area contributed by atoms with Crippen molar-refractivity contribution >= 4 is 60.3 Å². The third-order valence-electron chi connectivity index (χ3n) is 12.7. The molecule has 0 amide bonds. The second-order valence-corrected chi connectivity index (χ2v) is 16.4. The SMILES string of the molecule is c1ccc(-c2c(-c3cccc(-c4ccc(-c5ccc(N(c6ccc(-c7cccc8ccccc78)cc6)c6cc7ccccc7c7ccccc67)cc5)cc4)c3)oc3ccccc23)cc1. The topological polar surface area (TPSA) is 16.4 Å². The Kier molecular flexibility index (Phi) is 9.20. The number of hydrogen-bond acceptors (Lipinski definition) is 2. The largest absolute Gasteiger partial charge is 0.455 e. The molecule has 1 aromatic heterocycles. The van der Waals surface area contributed by atoms with E-state index in [-0.39, 0.29) is 0 Å². The molecule has 0 unspecified atom stereocenters. The zero-order valence-electron chi connectivity index (χ0n) is 35.0. The summed E-state index contributed by atoms with van der Waals surface area (Å²) in [6.45, 7) is 0. The maximum absolute atomic E-state index is 6.56. The van der Waals surface area contributed by atoms with Crippen molar-refractivity contribution in [2.45, 2.75) is 0 Å². The van der Waals surface area contributed by atoms with Crippen molar-refractivity contribution < 1.29 is 4.42 Å². The summed E-state index contributed by atoms with van der Waals surface area (Å²) < 4.78 is 6.56. The van der Waals surface area contributed by atoms with E-state index in [1.807, 2.05) is 12.1 Å². The van der Waals surface area contributed by atoms with Crippen LogP contribution in [0.1, 0.15) is 0 Å². The van der Waals surface area contributed by atoms with E-state index in [0.717, 1.165) is 72.7 Å². The van der Waals surface area contributed by atoms with Gasteiger partial charge in [0.2, 0.25) is 0 Å². The Balaban J connectivity index is 0.898. The molecule has 0 N–H and O–H groups in total. The second-order valence-electron chi connectivity index (χ2n) is 16.4. The first-order valence-electron chi connectivity index (χ1n) is 21.9. The predicted octanol–water partition coefficient (Wildman–Crippen LogP) is 17.7. The van der Waals surface area contributed by atoms with Crippen molar-refractivity contribution in [1.82, 2.24) is 0 Å². The van der Waals surface area contributed by atoms with Gasteiger partial charge in [0.05, 0.1) is 5.69 Å². The molecule has 12 aromatic rings. The lowest BCUT2D eigenvalue weighted by Gasteiger charge is -2.28. The zero-order valence-corrected chi connectivity index (χ0v) is 35.0. The Morgan fingerprint density at radius 3 is 1.52 bits per heavy atom. The van der Waals surface area contributed by atoms with Crippen LogP contribution in [0.2, 0.25) is 0 Å². The van der Waals surface area contributed by atoms with Crippen molar-refractivity contribution in [3.8, 4) is 55.8 Å². The molecule has 2 heteroatoms. The van der Waals surface area contributed by atoms with E-state index >= 15 is 0 Å². The summed E-state index contributed by atoms with van der Waals surface area (Å²) in [5.41, 5.74) is 14.6. The molecule has 0 saturated carbocycles. The summed E-state index contributed by atoms with van der Waals surface area (Å²) in [5, 5.41) is 8.54. The van der Waals surface area contributed by atoms with Crippen LogP contribution in [0.15, 0.2) is 253 Å². The van der Waals surface area contributed by atoms with E-state index in [4.69, 9.17) is 4.42 Å². The minimum atomic E-state index is 0.887. The highest BCUT2D eigenvalue weighted by molar-refractivity contribution is 6.14. The monoisotopic (exact) mass is 815 g/mol. The molecule has 1 heterocycles. The number of hydrogen-bond donors (Lipinski definition) is 0. The average molecular weight is 816 g/mol. The predicted molar refractivity (Wildman–Crippen MR) is 271 cm³/mol. The lowest BCUT2D eigenvalue weighted by Crippen LogP contribution is -2.10. The van der Waals surface area contributed by atoms with Gasteiger partial charge in [-0.15, -0.1) is 0 Å². The van der Waals surface area contributed by atoms with E-state index in [0.29, 0.717) is 0 Å². The summed E-state index contributed by atoms with van der Waals surface area (Å²) in [6.07, 6.45) is 0. The van der Waals surface area contributed by atoms with E-state index in [1.165, 1.54) is 43.4 Å². The summed E-state index contributed by atoms with van der Waals surface area (Å²) in [5.74, 6) is 0.887. The zero-order chi connectivity index (χ0) is 42.4. The van der Waals surface area contributed by atoms with Crippen molar-refractivity contribution in [2.75, 3.05) is 4.90 Å². The standard InChI is InChI=1S/C62H41NO/c1-2-15-47(16-3-1)61-58-25-10-11-27-60(58)64-62(61)50-20-12-19-48(40-50)44-30-28-42(29-31-44)43-32-36-51(37-33-43)63(59-41-49-17-5-7-22-55(49)56-23-8-9-24-57(56)59)52-38-34-46(35-39-52)54-26-13-18-45-14-4-6-21-53(45)54/h1-41H. The number of anilines is 3. The highest BCUT2D eigenvalue weighted by Gasteiger charge is 2.20. The first-order valence-corrected chi connectivity index (χ1v) is 21.9. The van der Waals surface area contributed by atoms with Crippen LogP contribution in [-0.2, 0) is 0 Å². The van der Waals surface area contributed by atoms with Crippen LogP contribution < -0.4 is 4.90 Å². The number of furan rings is 1. The van der Waals surface area contributed by atoms with Crippen molar-refractivity contribution in [3.05, 3.63) is 249 Å². The van der Waals surface area contributed by atoms with E-state index in [9.17, 15) is 0 Å². The molecular formula is C62H41NO. The van der Waals surface area contributed by atoms with Gasteiger partial charge in [-0.1, -0.05) is 206 Å². The number of para-hydroxylation sites is 1. The minimum absolute atomic E-state index is 0.887. The lowest BCUT2D eigenvalue weighted by atomic mass is 9.95. The number of nitrogens with zero attached hydrogens (tertiary/aromatic N) is 1. The number of rotatable bonds is 8. The first kappa shape index (κ1) is 37.3. The quantitative estimate of drug-likeness (QED) is 0.142. The summed E-state index contributed by atoms with van der Waals surface area (Å²) in [6, 6.07) is 89.5. The lowest BCUT2D eigenvalue weighted by molar-refractivity contribution is 0.632. The summed E-state index contributed by atoms with van der Waals surface area (Å²) in [4.78, 5) is 2.41. The fourth-order valence-corrected chi connectivity index (χ4v) is 9.55. The van der Waals surface area contributed by atoms with Crippen molar-refractivity contribution in [2.24, 2.45) is 0 Å². The number of benzene rings is 11. The van der Waals surface area contributed by atoms with Crippen LogP contribution >= 0.6 is 0 Å². The molecule has 0 saturated heterocycles. The minimum Gasteiger partial charge on any atom is -0.455 e. The van der Waals surface area contributed by atoms with Gasteiger partial charge in [-0.2, -0.15) is 0 Å². The normalized spacial score (nSPS) is 11.4. The van der Waals surface area contributed by atoms with Gasteiger partial charge >= 0.3 is 0 Å². The Labute approximate surface area is 372 Å². The smallest absolute Gasteiger partial charge is 0.143 e. The van der Waals surface area contributed by atoms with Gasteiger partial charge in [0.1, 0.15) is 11.3 Å². The first-order chi connectivity index (χ1) is 31.7. The maximum atomic E-state index is 6.56. The van der Waals surface area contributed by atoms with Crippen LogP contribution in [0, 0.1) is 0 Å². The molecular weight excluding hydrogens is 775 g/mol. The molecule has 0 spiro atoms. The second kappa shape index (κ2) is 15.8. The van der Waals surface area contributed by atoms with Crippen molar-refractivity contribution in [1.29, 1.82) is 0 Å². The number of fused-ring (bicyclic) bond motifs is 5. The molecule has 64 heavy (non-hydrogen) atoms. The average Bonchev–Trinajstić information content (AvgIpc) is 3.77. The van der Waals surface area contributed by atoms with Crippen LogP contribution in [0.4, 0.5) is 17.1 Å². The van der Waals surface area contributed by atoms with Crippen molar-refractivity contribution in [3.63, 3.8) is 0 Å². The highest BCUT2D eigenvalue weighted by atomic mass is 16.3. The van der Waals surface area contributed by atoms with E-state index in [2.05, 4.69) is 241 Å². The third-order valence-corrected chi connectivity index (χ3v) is 12.7. The molecule has 0 aliphatic carbocycles. The van der Waals surface area contributed by atoms with Gasteiger partial charge in [0.15, 0.2) is 0 Å². The van der Waals surface area contributed by atoms with Gasteiger partial charge in [-0.05, 0) is 108 Å². The molecule has 0 fully saturated rings. The molecule has 0 radical (unpaired) electrons. The Hall–Kier alpha value is -8.46. The van der Waals surface area contributed by atoms with Gasteiger partial charge in [0, 0.05) is 33.3 Å². The summed E-state index contributed by atoms with van der Waals surface area (Å²) >= 11 is 0. The van der Waals surface area contributed by atoms with Gasteiger partial charge in [0.25, 0.3) is 0 Å². The maximum Gasteiger partial charge on any atom is 0.143 e. The third kappa shape index (κ3) is 6.61. The van der Waals surface area contributed by atoms with Crippen LogP contribution in [-0.4, -0.2) is 0 Å². The fourth-order valence-electron chi connectivity index (χ4n) is 9.55. The Bertz CT molecular complexity index is 3630.